The number of phenols is 1. The molecule has 2 saturated carbocycles. The summed E-state index contributed by atoms with van der Waals surface area (Å²) >= 11 is 0. The van der Waals surface area contributed by atoms with Gasteiger partial charge in [-0.3, -0.25) is 10.1 Å². The third-order valence-electron chi connectivity index (χ3n) is 8.79. The first-order valence-corrected chi connectivity index (χ1v) is 21.2. The number of benzene rings is 3. The number of amides is 1. The van der Waals surface area contributed by atoms with Crippen molar-refractivity contribution in [1.29, 1.82) is 0 Å². The van der Waals surface area contributed by atoms with Gasteiger partial charge in [0.05, 0.1) is 33.0 Å². The highest BCUT2D eigenvalue weighted by atomic mass is 16.5. The van der Waals surface area contributed by atoms with E-state index in [1.165, 1.54) is 48.9 Å². The number of rotatable bonds is 18. The molecule has 0 bridgehead atoms. The summed E-state index contributed by atoms with van der Waals surface area (Å²) in [6.45, 7) is 19.3. The van der Waals surface area contributed by atoms with Gasteiger partial charge in [-0.15, -0.1) is 0 Å². The Balaban J connectivity index is 0.00000185. The van der Waals surface area contributed by atoms with E-state index in [9.17, 15) is 9.90 Å². The van der Waals surface area contributed by atoms with E-state index in [0.29, 0.717) is 57.0 Å². The second-order valence-corrected chi connectivity index (χ2v) is 12.8. The van der Waals surface area contributed by atoms with Gasteiger partial charge in [-0.1, -0.05) is 91.1 Å². The van der Waals surface area contributed by atoms with Crippen LogP contribution in [-0.4, -0.2) is 82.4 Å². The van der Waals surface area contributed by atoms with Crippen molar-refractivity contribution in [3.05, 3.63) is 95.6 Å². The summed E-state index contributed by atoms with van der Waals surface area (Å²) in [5.41, 5.74) is 6.29. The summed E-state index contributed by atoms with van der Waals surface area (Å²) in [5, 5.41) is 26.0. The maximum atomic E-state index is 12.1. The smallest absolute Gasteiger partial charge is 0.251 e. The minimum atomic E-state index is -0.124. The third kappa shape index (κ3) is 19.8. The monoisotopic (exact) mass is 799 g/mol. The highest BCUT2D eigenvalue weighted by molar-refractivity contribution is 6.06. The number of hydrogen-bond acceptors (Lipinski definition) is 8. The predicted octanol–water partition coefficient (Wildman–Crippen LogP) is 9.09. The molecule has 0 aliphatic heterocycles. The van der Waals surface area contributed by atoms with E-state index in [2.05, 4.69) is 72.5 Å². The number of aromatic hydroxyl groups is 1. The lowest BCUT2D eigenvalue weighted by atomic mass is 9.89. The lowest BCUT2D eigenvalue weighted by Crippen LogP contribution is -2.36. The lowest BCUT2D eigenvalue weighted by molar-refractivity contribution is 0.0512. The number of ether oxygens (including phenoxy) is 2. The second kappa shape index (κ2) is 30.9. The second-order valence-electron chi connectivity index (χ2n) is 12.8. The SMILES string of the molecule is C=NC(=NCCOCCOCCNC(=O)c1ccccc1)N/C(=N\CNc1ccc(O)cc1)Nc1ccc(C(NCC2CCCCC2)=C2CC2)cc1.CC.CC.CC. The molecule has 318 valence electrons. The van der Waals surface area contributed by atoms with Crippen molar-refractivity contribution in [2.75, 3.05) is 63.4 Å². The van der Waals surface area contributed by atoms with E-state index in [1.807, 2.05) is 59.7 Å². The Bertz CT molecular complexity index is 1630. The van der Waals surface area contributed by atoms with Crippen molar-refractivity contribution < 1.29 is 19.4 Å². The molecule has 2 aliphatic carbocycles. The first kappa shape index (κ1) is 48.9. The molecule has 12 heteroatoms. The van der Waals surface area contributed by atoms with Crippen LogP contribution in [0.5, 0.6) is 5.75 Å². The largest absolute Gasteiger partial charge is 0.508 e. The molecule has 0 unspecified atom stereocenters. The fraction of sp³-hybridized carbons (Fsp3) is 0.478. The first-order valence-electron chi connectivity index (χ1n) is 21.2. The van der Waals surface area contributed by atoms with Gasteiger partial charge in [0.25, 0.3) is 5.91 Å². The highest BCUT2D eigenvalue weighted by Crippen LogP contribution is 2.36. The van der Waals surface area contributed by atoms with Crippen LogP contribution in [0.15, 0.2) is 99.4 Å². The van der Waals surface area contributed by atoms with Crippen molar-refractivity contribution in [2.24, 2.45) is 20.9 Å². The predicted molar refractivity (Wildman–Crippen MR) is 244 cm³/mol. The van der Waals surface area contributed by atoms with Crippen molar-refractivity contribution in [3.8, 4) is 5.75 Å². The maximum absolute atomic E-state index is 12.1. The fourth-order valence-electron chi connectivity index (χ4n) is 5.84. The van der Waals surface area contributed by atoms with E-state index in [-0.39, 0.29) is 18.3 Å². The average molecular weight is 799 g/mol. The number of nitrogens with one attached hydrogen (secondary N) is 5. The van der Waals surface area contributed by atoms with Gasteiger partial charge in [0, 0.05) is 35.7 Å². The van der Waals surface area contributed by atoms with Gasteiger partial charge < -0.3 is 35.8 Å². The van der Waals surface area contributed by atoms with Gasteiger partial charge >= 0.3 is 0 Å². The average Bonchev–Trinajstić information content (AvgIpc) is 4.13. The summed E-state index contributed by atoms with van der Waals surface area (Å²) in [4.78, 5) is 25.3. The summed E-state index contributed by atoms with van der Waals surface area (Å²) in [7, 11) is 0. The summed E-state index contributed by atoms with van der Waals surface area (Å²) in [5.74, 6) is 1.58. The van der Waals surface area contributed by atoms with Crippen molar-refractivity contribution in [2.45, 2.75) is 86.5 Å². The van der Waals surface area contributed by atoms with Gasteiger partial charge in [0.2, 0.25) is 11.9 Å². The molecule has 0 saturated heterocycles. The molecule has 2 aliphatic rings. The van der Waals surface area contributed by atoms with Crippen LogP contribution in [0.4, 0.5) is 11.4 Å². The first-order chi connectivity index (χ1) is 28.6. The molecule has 1 amide bonds. The minimum absolute atomic E-state index is 0.124. The van der Waals surface area contributed by atoms with Crippen molar-refractivity contribution in [3.63, 3.8) is 0 Å². The van der Waals surface area contributed by atoms with E-state index in [0.717, 1.165) is 36.7 Å². The Morgan fingerprint density at radius 1 is 0.741 bits per heavy atom. The molecule has 0 spiro atoms. The van der Waals surface area contributed by atoms with Gasteiger partial charge in [0.1, 0.15) is 12.4 Å². The van der Waals surface area contributed by atoms with Crippen molar-refractivity contribution >= 4 is 41.6 Å². The number of hydrogen-bond donors (Lipinski definition) is 6. The van der Waals surface area contributed by atoms with Gasteiger partial charge in [-0.2, -0.15) is 0 Å². The topological polar surface area (TPSA) is 153 Å². The zero-order valence-corrected chi connectivity index (χ0v) is 35.9. The van der Waals surface area contributed by atoms with Crippen LogP contribution in [0, 0.1) is 5.92 Å². The van der Waals surface area contributed by atoms with Gasteiger partial charge in [-0.05, 0) is 98.0 Å². The number of carbonyl (C=O) groups is 1. The van der Waals surface area contributed by atoms with E-state index in [1.54, 1.807) is 36.4 Å². The molecule has 3 aromatic rings. The molecule has 0 atom stereocenters. The molecule has 58 heavy (non-hydrogen) atoms. The third-order valence-corrected chi connectivity index (χ3v) is 8.79. The molecule has 3 aromatic carbocycles. The molecule has 6 N–H and O–H groups in total. The van der Waals surface area contributed by atoms with Gasteiger partial charge in [0.15, 0.2) is 0 Å². The summed E-state index contributed by atoms with van der Waals surface area (Å²) in [6, 6.07) is 24.3. The number of nitrogens with zero attached hydrogens (tertiary/aromatic N) is 3. The molecule has 2 fully saturated rings. The Kier molecular flexibility index (Phi) is 26.1. The Morgan fingerprint density at radius 2 is 1.38 bits per heavy atom. The number of allylic oxidation sites excluding steroid dienone is 1. The summed E-state index contributed by atoms with van der Waals surface area (Å²) < 4.78 is 11.2. The van der Waals surface area contributed by atoms with Crippen LogP contribution in [0.25, 0.3) is 5.70 Å². The van der Waals surface area contributed by atoms with Crippen LogP contribution < -0.4 is 26.6 Å². The Labute approximate surface area is 348 Å². The van der Waals surface area contributed by atoms with Crippen molar-refractivity contribution in [1.82, 2.24) is 16.0 Å². The van der Waals surface area contributed by atoms with E-state index in [4.69, 9.17) is 9.47 Å². The molecule has 12 nitrogen and oxygen atoms in total. The standard InChI is InChI=1S/C40H52N8O4.3C2H6/c1-41-39(43-23-25-52-27-26-51-24-22-42-38(50)33-10-6-3-7-11-33)48-40(46-29-45-34-18-20-36(49)21-19-34)47-35-16-14-32(15-17-35)37(31-12-13-31)44-28-30-8-4-2-5-9-30;3*1-2/h3,6-7,10-11,14-21,30,44-45,49H,1-2,4-5,8-9,12-13,22-29H2,(H,42,50)(H2,43,46,47,48);3*1-2H3. The number of guanidine groups is 2. The minimum Gasteiger partial charge on any atom is -0.508 e. The molecular formula is C46H70N8O4. The molecule has 0 radical (unpaired) electrons. The lowest BCUT2D eigenvalue weighted by Gasteiger charge is -2.23. The maximum Gasteiger partial charge on any atom is 0.251 e. The zero-order chi connectivity index (χ0) is 42.2. The van der Waals surface area contributed by atoms with E-state index < -0.39 is 0 Å². The normalized spacial score (nSPS) is 13.5. The number of aliphatic imine (C=N–C) groups is 3. The molecule has 0 heterocycles. The number of carbonyl (C=O) groups excluding carboxylic acids is 1. The van der Waals surface area contributed by atoms with Gasteiger partial charge in [-0.25, -0.2) is 15.0 Å². The van der Waals surface area contributed by atoms with Crippen LogP contribution in [0.2, 0.25) is 0 Å². The quantitative estimate of drug-likeness (QED) is 0.0323. The molecule has 0 aromatic heterocycles. The van der Waals surface area contributed by atoms with Crippen LogP contribution in [0.1, 0.15) is 102 Å². The molecular weight excluding hydrogens is 729 g/mol. The van der Waals surface area contributed by atoms with Crippen LogP contribution in [-0.2, 0) is 9.47 Å². The summed E-state index contributed by atoms with van der Waals surface area (Å²) in [6.07, 6.45) is 9.02. The number of anilines is 2. The van der Waals surface area contributed by atoms with E-state index >= 15 is 0 Å². The Morgan fingerprint density at radius 3 is 2.02 bits per heavy atom. The highest BCUT2D eigenvalue weighted by Gasteiger charge is 2.21. The number of phenolic OH excluding ortho intramolecular Hbond substituents is 1. The molecule has 5 rings (SSSR count). The van der Waals surface area contributed by atoms with Crippen LogP contribution in [0.3, 0.4) is 0 Å². The zero-order valence-electron chi connectivity index (χ0n) is 35.9. The Hall–Kier alpha value is -5.20. The fourth-order valence-corrected chi connectivity index (χ4v) is 5.84. The van der Waals surface area contributed by atoms with Crippen LogP contribution >= 0.6 is 0 Å².